The third kappa shape index (κ3) is 3.81. The monoisotopic (exact) mass is 446 g/mol. The van der Waals surface area contributed by atoms with Crippen LogP contribution in [0, 0.1) is 0 Å². The number of phenols is 1. The fourth-order valence-electron chi connectivity index (χ4n) is 3.28. The number of para-hydroxylation sites is 1. The molecule has 0 saturated heterocycles. The quantitative estimate of drug-likeness (QED) is 0.383. The van der Waals surface area contributed by atoms with E-state index in [0.717, 1.165) is 0 Å². The summed E-state index contributed by atoms with van der Waals surface area (Å²) >= 11 is 6.02. The lowest BCUT2D eigenvalue weighted by molar-refractivity contribution is 0.211. The molecule has 0 amide bonds. The molecule has 0 bridgehead atoms. The SMILES string of the molecule is O=c1c(-c2ccc(O)cc2)c(OCc2nnc(-c3cccc(Cl)c3)o2)oc2ccccc12. The van der Waals surface area contributed by atoms with Crippen LogP contribution in [0.15, 0.2) is 86.4 Å². The molecule has 0 atom stereocenters. The van der Waals surface area contributed by atoms with Crippen molar-refractivity contribution in [3.05, 3.63) is 93.9 Å². The van der Waals surface area contributed by atoms with Gasteiger partial charge in [0.05, 0.1) is 5.39 Å². The zero-order chi connectivity index (χ0) is 22.1. The molecule has 0 unspecified atom stereocenters. The van der Waals surface area contributed by atoms with Crippen LogP contribution in [-0.4, -0.2) is 15.3 Å². The number of hydrogen-bond donors (Lipinski definition) is 1. The van der Waals surface area contributed by atoms with Crippen molar-refractivity contribution in [1.82, 2.24) is 10.2 Å². The number of phenolic OH excluding ortho intramolecular Hbond substituents is 1. The van der Waals surface area contributed by atoms with Crippen LogP contribution in [0.2, 0.25) is 5.02 Å². The summed E-state index contributed by atoms with van der Waals surface area (Å²) < 4.78 is 17.4. The molecule has 158 valence electrons. The smallest absolute Gasteiger partial charge is 0.297 e. The number of fused-ring (bicyclic) bond motifs is 1. The number of aromatic nitrogens is 2. The molecule has 2 aromatic heterocycles. The van der Waals surface area contributed by atoms with Crippen LogP contribution >= 0.6 is 11.6 Å². The molecule has 0 spiro atoms. The van der Waals surface area contributed by atoms with E-state index in [1.165, 1.54) is 12.1 Å². The van der Waals surface area contributed by atoms with Gasteiger partial charge in [0.15, 0.2) is 6.61 Å². The Labute approximate surface area is 186 Å². The maximum atomic E-state index is 13.2. The van der Waals surface area contributed by atoms with E-state index in [-0.39, 0.29) is 35.2 Å². The van der Waals surface area contributed by atoms with Crippen LogP contribution in [0.25, 0.3) is 33.6 Å². The third-order valence-electron chi connectivity index (χ3n) is 4.79. The molecule has 32 heavy (non-hydrogen) atoms. The van der Waals surface area contributed by atoms with Gasteiger partial charge < -0.3 is 18.7 Å². The minimum Gasteiger partial charge on any atom is -0.508 e. The summed E-state index contributed by atoms with van der Waals surface area (Å²) in [5.74, 6) is 0.597. The van der Waals surface area contributed by atoms with Gasteiger partial charge in [-0.05, 0) is 48.0 Å². The second-order valence-electron chi connectivity index (χ2n) is 6.94. The summed E-state index contributed by atoms with van der Waals surface area (Å²) in [5.41, 5.74) is 1.59. The highest BCUT2D eigenvalue weighted by Crippen LogP contribution is 2.32. The molecule has 0 fully saturated rings. The number of ether oxygens (including phenoxy) is 1. The topological polar surface area (TPSA) is 98.6 Å². The molecule has 5 aromatic rings. The van der Waals surface area contributed by atoms with Gasteiger partial charge in [-0.1, -0.05) is 41.9 Å². The number of halogens is 1. The highest BCUT2D eigenvalue weighted by atomic mass is 35.5. The molecule has 1 N–H and O–H groups in total. The van der Waals surface area contributed by atoms with E-state index in [4.69, 9.17) is 25.2 Å². The number of hydrogen-bond acceptors (Lipinski definition) is 7. The predicted octanol–water partition coefficient (Wildman–Crippen LogP) is 5.45. The zero-order valence-corrected chi connectivity index (χ0v) is 17.2. The lowest BCUT2D eigenvalue weighted by Gasteiger charge is -2.10. The minimum atomic E-state index is -0.252. The van der Waals surface area contributed by atoms with Crippen LogP contribution in [0.3, 0.4) is 0 Å². The van der Waals surface area contributed by atoms with Gasteiger partial charge in [-0.25, -0.2) is 0 Å². The van der Waals surface area contributed by atoms with E-state index in [2.05, 4.69) is 10.2 Å². The number of rotatable bonds is 5. The average Bonchev–Trinajstić information content (AvgIpc) is 3.28. The van der Waals surface area contributed by atoms with Crippen molar-refractivity contribution in [3.8, 4) is 34.3 Å². The first-order valence-electron chi connectivity index (χ1n) is 9.65. The molecule has 0 aliphatic carbocycles. The summed E-state index contributed by atoms with van der Waals surface area (Å²) in [4.78, 5) is 13.2. The summed E-state index contributed by atoms with van der Waals surface area (Å²) in [6.45, 7) is -0.111. The first kappa shape index (κ1) is 19.8. The van der Waals surface area contributed by atoms with Crippen molar-refractivity contribution in [3.63, 3.8) is 0 Å². The van der Waals surface area contributed by atoms with E-state index in [1.807, 2.05) is 0 Å². The van der Waals surface area contributed by atoms with Crippen molar-refractivity contribution in [2.45, 2.75) is 6.61 Å². The summed E-state index contributed by atoms with van der Waals surface area (Å²) in [7, 11) is 0. The normalized spacial score (nSPS) is 11.0. The molecule has 0 radical (unpaired) electrons. The molecular weight excluding hydrogens is 432 g/mol. The van der Waals surface area contributed by atoms with Crippen molar-refractivity contribution in [2.75, 3.05) is 0 Å². The first-order chi connectivity index (χ1) is 15.6. The van der Waals surface area contributed by atoms with Crippen LogP contribution in [0.4, 0.5) is 0 Å². The summed E-state index contributed by atoms with van der Waals surface area (Å²) in [6, 6.07) is 20.2. The first-order valence-corrected chi connectivity index (χ1v) is 10.0. The Morgan fingerprint density at radius 3 is 2.53 bits per heavy atom. The van der Waals surface area contributed by atoms with E-state index >= 15 is 0 Å². The average molecular weight is 447 g/mol. The van der Waals surface area contributed by atoms with Crippen LogP contribution < -0.4 is 10.2 Å². The van der Waals surface area contributed by atoms with Gasteiger partial charge in [-0.3, -0.25) is 4.79 Å². The Bertz CT molecular complexity index is 1470. The van der Waals surface area contributed by atoms with Gasteiger partial charge in [-0.2, -0.15) is 0 Å². The van der Waals surface area contributed by atoms with Gasteiger partial charge in [0, 0.05) is 10.6 Å². The number of nitrogens with zero attached hydrogens (tertiary/aromatic N) is 2. The zero-order valence-electron chi connectivity index (χ0n) is 16.5. The van der Waals surface area contributed by atoms with Crippen molar-refractivity contribution < 1.29 is 18.7 Å². The summed E-state index contributed by atoms with van der Waals surface area (Å²) in [6.07, 6.45) is 0. The number of aromatic hydroxyl groups is 1. The second-order valence-corrected chi connectivity index (χ2v) is 7.37. The number of benzene rings is 3. The van der Waals surface area contributed by atoms with Gasteiger partial charge in [0.1, 0.15) is 16.9 Å². The van der Waals surface area contributed by atoms with Crippen molar-refractivity contribution in [2.24, 2.45) is 0 Å². The molecule has 0 aliphatic heterocycles. The molecule has 3 aromatic carbocycles. The van der Waals surface area contributed by atoms with Crippen molar-refractivity contribution in [1.29, 1.82) is 0 Å². The Kier molecular flexibility index (Phi) is 5.09. The largest absolute Gasteiger partial charge is 0.508 e. The third-order valence-corrected chi connectivity index (χ3v) is 5.02. The van der Waals surface area contributed by atoms with E-state index < -0.39 is 0 Å². The van der Waals surface area contributed by atoms with Gasteiger partial charge >= 0.3 is 0 Å². The Morgan fingerprint density at radius 2 is 1.72 bits per heavy atom. The van der Waals surface area contributed by atoms with Crippen LogP contribution in [0.1, 0.15) is 5.89 Å². The minimum absolute atomic E-state index is 0.0156. The van der Waals surface area contributed by atoms with Crippen LogP contribution in [0.5, 0.6) is 11.7 Å². The summed E-state index contributed by atoms with van der Waals surface area (Å²) in [5, 5.41) is 18.6. The fourth-order valence-corrected chi connectivity index (χ4v) is 3.47. The van der Waals surface area contributed by atoms with Gasteiger partial charge in [0.2, 0.25) is 11.3 Å². The molecule has 8 heteroatoms. The lowest BCUT2D eigenvalue weighted by Crippen LogP contribution is -2.09. The Balaban J connectivity index is 1.51. The van der Waals surface area contributed by atoms with E-state index in [9.17, 15) is 9.90 Å². The maximum absolute atomic E-state index is 13.2. The Morgan fingerprint density at radius 1 is 0.906 bits per heavy atom. The highest BCUT2D eigenvalue weighted by Gasteiger charge is 2.19. The molecule has 0 aliphatic rings. The maximum Gasteiger partial charge on any atom is 0.297 e. The lowest BCUT2D eigenvalue weighted by atomic mass is 10.0. The molecule has 0 saturated carbocycles. The predicted molar refractivity (Wildman–Crippen MR) is 119 cm³/mol. The highest BCUT2D eigenvalue weighted by molar-refractivity contribution is 6.30. The standard InChI is InChI=1S/C24H15ClN2O5/c25-16-5-3-4-15(12-16)23-27-26-20(32-23)13-30-24-21(14-8-10-17(28)11-9-14)22(29)18-6-1-2-7-19(18)31-24/h1-12,28H,13H2. The van der Waals surface area contributed by atoms with E-state index in [1.54, 1.807) is 60.7 Å². The molecule has 2 heterocycles. The molecule has 7 nitrogen and oxygen atoms in total. The van der Waals surface area contributed by atoms with Crippen LogP contribution in [-0.2, 0) is 6.61 Å². The molecular formula is C24H15ClN2O5. The second kappa shape index (κ2) is 8.20. The van der Waals surface area contributed by atoms with Gasteiger partial charge in [-0.15, -0.1) is 10.2 Å². The molecule has 5 rings (SSSR count). The fraction of sp³-hybridized carbons (Fsp3) is 0.0417. The van der Waals surface area contributed by atoms with E-state index in [0.29, 0.717) is 33.0 Å². The Hall–Kier alpha value is -4.10. The van der Waals surface area contributed by atoms with Crippen molar-refractivity contribution >= 4 is 22.6 Å². The van der Waals surface area contributed by atoms with Gasteiger partial charge in [0.25, 0.3) is 11.8 Å².